The zero-order chi connectivity index (χ0) is 10.0. The van der Waals surface area contributed by atoms with Gasteiger partial charge in [-0.1, -0.05) is 23.2 Å². The van der Waals surface area contributed by atoms with E-state index in [-0.39, 0.29) is 15.7 Å². The van der Waals surface area contributed by atoms with Gasteiger partial charge in [0.2, 0.25) is 0 Å². The highest BCUT2D eigenvalue weighted by molar-refractivity contribution is 6.37. The summed E-state index contributed by atoms with van der Waals surface area (Å²) in [5.41, 5.74) is 0.803. The quantitative estimate of drug-likeness (QED) is 0.539. The van der Waals surface area contributed by atoms with Crippen molar-refractivity contribution in [1.82, 2.24) is 4.98 Å². The highest BCUT2D eigenvalue weighted by Crippen LogP contribution is 2.25. The number of hydrogen-bond donors (Lipinski definition) is 0. The second kappa shape index (κ2) is 3.94. The smallest absolute Gasteiger partial charge is 0.340 e. The fourth-order valence-electron chi connectivity index (χ4n) is 0.820. The van der Waals surface area contributed by atoms with E-state index in [0.29, 0.717) is 5.56 Å². The molecular weight excluding hydrogens is 213 g/mol. The van der Waals surface area contributed by atoms with Crippen molar-refractivity contribution in [2.75, 3.05) is 7.11 Å². The number of hydrogen-bond acceptors (Lipinski definition) is 3. The average Bonchev–Trinajstić information content (AvgIpc) is 2.13. The van der Waals surface area contributed by atoms with Crippen LogP contribution in [0.3, 0.4) is 0 Å². The summed E-state index contributed by atoms with van der Waals surface area (Å²) in [6, 6.07) is 0. The molecule has 0 saturated heterocycles. The summed E-state index contributed by atoms with van der Waals surface area (Å²) in [5.74, 6) is -0.516. The van der Waals surface area contributed by atoms with E-state index in [1.54, 1.807) is 6.92 Å². The lowest BCUT2D eigenvalue weighted by Crippen LogP contribution is -2.04. The van der Waals surface area contributed by atoms with E-state index in [1.807, 2.05) is 0 Å². The number of rotatable bonds is 1. The summed E-state index contributed by atoms with van der Waals surface area (Å²) < 4.78 is 4.51. The lowest BCUT2D eigenvalue weighted by molar-refractivity contribution is 0.0600. The Balaban J connectivity index is 3.26. The van der Waals surface area contributed by atoms with E-state index < -0.39 is 5.97 Å². The molecule has 0 aliphatic heterocycles. The molecule has 0 saturated carbocycles. The van der Waals surface area contributed by atoms with E-state index in [0.717, 1.165) is 0 Å². The van der Waals surface area contributed by atoms with Crippen LogP contribution in [-0.2, 0) is 4.74 Å². The van der Waals surface area contributed by atoms with Gasteiger partial charge in [0.25, 0.3) is 0 Å². The molecule has 0 N–H and O–H groups in total. The number of aromatic nitrogens is 1. The van der Waals surface area contributed by atoms with E-state index in [1.165, 1.54) is 13.3 Å². The minimum Gasteiger partial charge on any atom is -0.465 e. The molecule has 0 radical (unpaired) electrons. The van der Waals surface area contributed by atoms with Crippen molar-refractivity contribution in [2.45, 2.75) is 6.92 Å². The van der Waals surface area contributed by atoms with E-state index >= 15 is 0 Å². The van der Waals surface area contributed by atoms with Crippen molar-refractivity contribution < 1.29 is 9.53 Å². The van der Waals surface area contributed by atoms with E-state index in [2.05, 4.69) is 9.72 Å². The van der Waals surface area contributed by atoms with Crippen LogP contribution < -0.4 is 0 Å². The van der Waals surface area contributed by atoms with Crippen molar-refractivity contribution >= 4 is 29.2 Å². The number of pyridine rings is 1. The van der Waals surface area contributed by atoms with Gasteiger partial charge in [-0.15, -0.1) is 0 Å². The van der Waals surface area contributed by atoms with Gasteiger partial charge in [0, 0.05) is 11.8 Å². The predicted octanol–water partition coefficient (Wildman–Crippen LogP) is 2.48. The van der Waals surface area contributed by atoms with E-state index in [9.17, 15) is 4.79 Å². The maximum Gasteiger partial charge on any atom is 0.340 e. The van der Waals surface area contributed by atoms with Crippen LogP contribution in [0, 0.1) is 6.92 Å². The lowest BCUT2D eigenvalue weighted by atomic mass is 10.2. The van der Waals surface area contributed by atoms with Gasteiger partial charge in [-0.05, 0) is 6.92 Å². The summed E-state index contributed by atoms with van der Waals surface area (Å²) in [5, 5.41) is 0.574. The molecule has 0 aromatic carbocycles. The summed E-state index contributed by atoms with van der Waals surface area (Å²) >= 11 is 11.5. The van der Waals surface area contributed by atoms with Crippen molar-refractivity contribution in [3.63, 3.8) is 0 Å². The second-order valence-corrected chi connectivity index (χ2v) is 3.13. The van der Waals surface area contributed by atoms with Crippen LogP contribution in [0.5, 0.6) is 0 Å². The van der Waals surface area contributed by atoms with Crippen LogP contribution in [0.15, 0.2) is 6.20 Å². The standard InChI is InChI=1S/C8H7Cl2NO2/c1-4-6(9)5(8(12)13-2)3-11-7(4)10/h3H,1-2H3. The summed E-state index contributed by atoms with van der Waals surface area (Å²) in [6.45, 7) is 1.68. The van der Waals surface area contributed by atoms with Crippen LogP contribution >= 0.6 is 23.2 Å². The van der Waals surface area contributed by atoms with Crippen molar-refractivity contribution in [2.24, 2.45) is 0 Å². The Kier molecular flexibility index (Phi) is 3.12. The zero-order valence-corrected chi connectivity index (χ0v) is 8.61. The Morgan fingerprint density at radius 3 is 2.69 bits per heavy atom. The molecule has 0 atom stereocenters. The van der Waals surface area contributed by atoms with E-state index in [4.69, 9.17) is 23.2 Å². The molecule has 1 heterocycles. The Labute approximate surface area is 85.6 Å². The third-order valence-electron chi connectivity index (χ3n) is 1.59. The van der Waals surface area contributed by atoms with Gasteiger partial charge < -0.3 is 4.74 Å². The molecular formula is C8H7Cl2NO2. The monoisotopic (exact) mass is 219 g/mol. The zero-order valence-electron chi connectivity index (χ0n) is 7.10. The molecule has 5 heteroatoms. The molecule has 1 aromatic rings. The van der Waals surface area contributed by atoms with Crippen molar-refractivity contribution in [3.8, 4) is 0 Å². The summed E-state index contributed by atoms with van der Waals surface area (Å²) in [7, 11) is 1.28. The highest BCUT2D eigenvalue weighted by Gasteiger charge is 2.14. The number of halogens is 2. The minimum absolute atomic E-state index is 0.228. The van der Waals surface area contributed by atoms with Crippen LogP contribution in [0.2, 0.25) is 10.2 Å². The minimum atomic E-state index is -0.516. The van der Waals surface area contributed by atoms with Crippen molar-refractivity contribution in [1.29, 1.82) is 0 Å². The van der Waals surface area contributed by atoms with Gasteiger partial charge in [-0.2, -0.15) is 0 Å². The largest absolute Gasteiger partial charge is 0.465 e. The molecule has 0 fully saturated rings. The normalized spacial score (nSPS) is 9.85. The second-order valence-electron chi connectivity index (χ2n) is 2.39. The SMILES string of the molecule is COC(=O)c1cnc(Cl)c(C)c1Cl. The average molecular weight is 220 g/mol. The fourth-order valence-corrected chi connectivity index (χ4v) is 1.23. The molecule has 1 aromatic heterocycles. The molecule has 1 rings (SSSR count). The molecule has 0 spiro atoms. The van der Waals surface area contributed by atoms with Crippen LogP contribution in [-0.4, -0.2) is 18.1 Å². The van der Waals surface area contributed by atoms with Crippen LogP contribution in [0.4, 0.5) is 0 Å². The Morgan fingerprint density at radius 2 is 2.15 bits per heavy atom. The molecule has 0 bridgehead atoms. The first-order valence-corrected chi connectivity index (χ1v) is 4.22. The first kappa shape index (κ1) is 10.3. The number of carbonyl (C=O) groups excluding carboxylic acids is 1. The Morgan fingerprint density at radius 1 is 1.54 bits per heavy atom. The van der Waals surface area contributed by atoms with Gasteiger partial charge in [0.15, 0.2) is 0 Å². The fraction of sp³-hybridized carbons (Fsp3) is 0.250. The number of esters is 1. The maximum atomic E-state index is 11.1. The molecule has 0 amide bonds. The molecule has 70 valence electrons. The highest BCUT2D eigenvalue weighted by atomic mass is 35.5. The summed E-state index contributed by atoms with van der Waals surface area (Å²) in [4.78, 5) is 14.9. The van der Waals surface area contributed by atoms with Gasteiger partial charge >= 0.3 is 5.97 Å². The van der Waals surface area contributed by atoms with Crippen LogP contribution in [0.25, 0.3) is 0 Å². The van der Waals surface area contributed by atoms with Gasteiger partial charge in [-0.25, -0.2) is 9.78 Å². The van der Waals surface area contributed by atoms with Gasteiger partial charge in [0.1, 0.15) is 5.15 Å². The van der Waals surface area contributed by atoms with Crippen LogP contribution in [0.1, 0.15) is 15.9 Å². The Bertz CT molecular complexity index is 352. The van der Waals surface area contributed by atoms with Crippen molar-refractivity contribution in [3.05, 3.63) is 27.5 Å². The number of methoxy groups -OCH3 is 1. The number of nitrogens with zero attached hydrogens (tertiary/aromatic N) is 1. The maximum absolute atomic E-state index is 11.1. The third-order valence-corrected chi connectivity index (χ3v) is 2.46. The van der Waals surface area contributed by atoms with Gasteiger partial charge in [0.05, 0.1) is 17.7 Å². The summed E-state index contributed by atoms with van der Waals surface area (Å²) in [6.07, 6.45) is 1.30. The number of ether oxygens (including phenoxy) is 1. The molecule has 13 heavy (non-hydrogen) atoms. The first-order valence-electron chi connectivity index (χ1n) is 3.46. The topological polar surface area (TPSA) is 39.2 Å². The molecule has 0 aliphatic carbocycles. The lowest BCUT2D eigenvalue weighted by Gasteiger charge is -2.04. The molecule has 0 unspecified atom stereocenters. The molecule has 0 aliphatic rings. The first-order chi connectivity index (χ1) is 6.07. The number of carbonyl (C=O) groups is 1. The Hall–Kier alpha value is -0.800. The third kappa shape index (κ3) is 1.92. The predicted molar refractivity (Wildman–Crippen MR) is 50.3 cm³/mol. The molecule has 3 nitrogen and oxygen atoms in total. The van der Waals surface area contributed by atoms with Gasteiger partial charge in [-0.3, -0.25) is 0 Å².